The molecule has 0 spiro atoms. The molecule has 1 fully saturated rings. The number of Topliss-reactive ketones (excluding diaryl/α,β-unsaturated/α-hetero) is 1. The minimum atomic E-state index is -0.822. The molecule has 0 aliphatic carbocycles. The molecule has 4 rings (SSSR count). The van der Waals surface area contributed by atoms with Crippen LogP contribution in [0.15, 0.2) is 84.9 Å². The van der Waals surface area contributed by atoms with Crippen molar-refractivity contribution in [1.82, 2.24) is 4.90 Å². The minimum Gasteiger partial charge on any atom is -0.385 e. The Kier molecular flexibility index (Phi) is 6.80. The summed E-state index contributed by atoms with van der Waals surface area (Å²) in [7, 11) is 0. The number of halogens is 1. The fraction of sp³-hybridized carbons (Fsp3) is 0.321. The summed E-state index contributed by atoms with van der Waals surface area (Å²) < 4.78 is 0. The fourth-order valence-corrected chi connectivity index (χ4v) is 5.13. The lowest BCUT2D eigenvalue weighted by atomic mass is 9.69. The molecule has 1 aliphatic heterocycles. The van der Waals surface area contributed by atoms with E-state index in [0.29, 0.717) is 24.3 Å². The topological polar surface area (TPSA) is 40.5 Å². The van der Waals surface area contributed by atoms with E-state index >= 15 is 0 Å². The number of carbonyl (C=O) groups excluding carboxylic acids is 1. The number of aliphatic hydroxyl groups is 1. The molecule has 0 bridgehead atoms. The second-order valence-electron chi connectivity index (χ2n) is 8.82. The molecule has 166 valence electrons. The average Bonchev–Trinajstić information content (AvgIpc) is 2.82. The number of benzene rings is 3. The van der Waals surface area contributed by atoms with Crippen LogP contribution < -0.4 is 0 Å². The Bertz CT molecular complexity index is 987. The van der Waals surface area contributed by atoms with Gasteiger partial charge in [-0.05, 0) is 61.6 Å². The van der Waals surface area contributed by atoms with Gasteiger partial charge in [-0.15, -0.1) is 0 Å². The number of carbonyl (C=O) groups is 1. The monoisotopic (exact) mass is 447 g/mol. The Morgan fingerprint density at radius 1 is 0.906 bits per heavy atom. The first-order valence-electron chi connectivity index (χ1n) is 11.3. The van der Waals surface area contributed by atoms with Gasteiger partial charge in [-0.2, -0.15) is 0 Å². The normalized spacial score (nSPS) is 16.6. The Hall–Kier alpha value is -2.46. The van der Waals surface area contributed by atoms with Crippen LogP contribution in [-0.4, -0.2) is 35.4 Å². The second-order valence-corrected chi connectivity index (χ2v) is 9.26. The van der Waals surface area contributed by atoms with Crippen molar-refractivity contribution in [1.29, 1.82) is 0 Å². The van der Waals surface area contributed by atoms with Crippen LogP contribution >= 0.6 is 11.6 Å². The molecule has 3 aromatic carbocycles. The van der Waals surface area contributed by atoms with Crippen molar-refractivity contribution in [3.8, 4) is 0 Å². The second kappa shape index (κ2) is 9.58. The Morgan fingerprint density at radius 2 is 1.41 bits per heavy atom. The van der Waals surface area contributed by atoms with Gasteiger partial charge >= 0.3 is 0 Å². The highest BCUT2D eigenvalue weighted by Crippen LogP contribution is 2.38. The summed E-state index contributed by atoms with van der Waals surface area (Å²) in [5, 5.41) is 11.9. The van der Waals surface area contributed by atoms with E-state index in [9.17, 15) is 9.90 Å². The van der Waals surface area contributed by atoms with Gasteiger partial charge in [-0.25, -0.2) is 0 Å². The van der Waals surface area contributed by atoms with Crippen molar-refractivity contribution in [2.45, 2.75) is 37.2 Å². The van der Waals surface area contributed by atoms with Crippen LogP contribution in [0.3, 0.4) is 0 Å². The van der Waals surface area contributed by atoms with Gasteiger partial charge in [0, 0.05) is 18.1 Å². The molecule has 1 heterocycles. The lowest BCUT2D eigenvalue weighted by Crippen LogP contribution is -2.45. The summed E-state index contributed by atoms with van der Waals surface area (Å²) in [4.78, 5) is 15.6. The zero-order valence-corrected chi connectivity index (χ0v) is 19.3. The maximum absolute atomic E-state index is 13.2. The van der Waals surface area contributed by atoms with Crippen LogP contribution in [-0.2, 0) is 15.8 Å². The molecule has 1 N–H and O–H groups in total. The summed E-state index contributed by atoms with van der Waals surface area (Å²) in [5.74, 6) is 0.157. The highest BCUT2D eigenvalue weighted by molar-refractivity contribution is 6.30. The third-order valence-corrected chi connectivity index (χ3v) is 7.25. The van der Waals surface area contributed by atoms with Crippen molar-refractivity contribution >= 4 is 17.4 Å². The molecule has 32 heavy (non-hydrogen) atoms. The van der Waals surface area contributed by atoms with Crippen molar-refractivity contribution in [3.05, 3.63) is 107 Å². The van der Waals surface area contributed by atoms with E-state index < -0.39 is 11.0 Å². The van der Waals surface area contributed by atoms with E-state index in [4.69, 9.17) is 11.6 Å². The first-order valence-corrected chi connectivity index (χ1v) is 11.6. The van der Waals surface area contributed by atoms with Gasteiger partial charge in [0.25, 0.3) is 0 Å². The number of rotatable bonds is 7. The lowest BCUT2D eigenvalue weighted by molar-refractivity contribution is -0.121. The third-order valence-electron chi connectivity index (χ3n) is 7.00. The Labute approximate surface area is 195 Å². The average molecular weight is 448 g/mol. The van der Waals surface area contributed by atoms with E-state index in [-0.39, 0.29) is 5.78 Å². The van der Waals surface area contributed by atoms with E-state index in [2.05, 4.69) is 29.2 Å². The van der Waals surface area contributed by atoms with Crippen LogP contribution in [0, 0.1) is 0 Å². The van der Waals surface area contributed by atoms with Crippen LogP contribution in [0.25, 0.3) is 0 Å². The summed E-state index contributed by atoms with van der Waals surface area (Å²) in [6.45, 7) is 4.07. The highest BCUT2D eigenvalue weighted by atomic mass is 35.5. The number of hydrogen-bond acceptors (Lipinski definition) is 3. The lowest BCUT2D eigenvalue weighted by Gasteiger charge is -2.40. The van der Waals surface area contributed by atoms with Crippen molar-refractivity contribution < 1.29 is 9.90 Å². The molecule has 1 saturated heterocycles. The largest absolute Gasteiger partial charge is 0.385 e. The summed E-state index contributed by atoms with van der Waals surface area (Å²) in [6.07, 6.45) is 2.03. The smallest absolute Gasteiger partial charge is 0.144 e. The van der Waals surface area contributed by atoms with Crippen molar-refractivity contribution in [2.75, 3.05) is 19.6 Å². The quantitative estimate of drug-likeness (QED) is 0.513. The highest BCUT2D eigenvalue weighted by Gasteiger charge is 2.40. The molecule has 0 unspecified atom stereocenters. The Morgan fingerprint density at radius 3 is 1.88 bits per heavy atom. The summed E-state index contributed by atoms with van der Waals surface area (Å²) in [6, 6.07) is 27.7. The third kappa shape index (κ3) is 4.52. The van der Waals surface area contributed by atoms with Crippen LogP contribution in [0.2, 0.25) is 5.02 Å². The van der Waals surface area contributed by atoms with E-state index in [1.807, 2.05) is 60.7 Å². The predicted octanol–water partition coefficient (Wildman–Crippen LogP) is 5.59. The van der Waals surface area contributed by atoms with Gasteiger partial charge in [0.15, 0.2) is 0 Å². The molecule has 3 aromatic rings. The van der Waals surface area contributed by atoms with E-state index in [1.165, 1.54) is 0 Å². The molecule has 0 radical (unpaired) electrons. The van der Waals surface area contributed by atoms with Crippen LogP contribution in [0.5, 0.6) is 0 Å². The summed E-state index contributed by atoms with van der Waals surface area (Å²) in [5.41, 5.74) is 1.50. The number of likely N-dealkylation sites (tertiary alicyclic amines) is 1. The molecule has 4 heteroatoms. The number of hydrogen-bond donors (Lipinski definition) is 1. The van der Waals surface area contributed by atoms with Gasteiger partial charge in [0.2, 0.25) is 0 Å². The summed E-state index contributed by atoms with van der Waals surface area (Å²) >= 11 is 6.01. The molecule has 0 amide bonds. The standard InChI is InChI=1S/C28H30ClNO2/c1-22(31)28(24-8-4-2-5-9-24,25-10-6-3-7-11-25)18-21-30-19-16-27(32,17-20-30)23-12-14-26(29)15-13-23/h2-15,32H,16-21H2,1H3. The maximum Gasteiger partial charge on any atom is 0.144 e. The molecular weight excluding hydrogens is 418 g/mol. The minimum absolute atomic E-state index is 0.157. The number of piperidine rings is 1. The SMILES string of the molecule is CC(=O)C(CCN1CCC(O)(c2ccc(Cl)cc2)CC1)(c1ccccc1)c1ccccc1. The number of ketones is 1. The molecular formula is C28H30ClNO2. The van der Waals surface area contributed by atoms with Gasteiger partial charge < -0.3 is 10.0 Å². The van der Waals surface area contributed by atoms with E-state index in [0.717, 1.165) is 36.3 Å². The molecule has 0 aromatic heterocycles. The predicted molar refractivity (Wildman–Crippen MR) is 130 cm³/mol. The zero-order chi connectivity index (χ0) is 22.6. The fourth-order valence-electron chi connectivity index (χ4n) is 5.00. The van der Waals surface area contributed by atoms with E-state index in [1.54, 1.807) is 6.92 Å². The molecule has 1 aliphatic rings. The van der Waals surface area contributed by atoms with Crippen LogP contribution in [0.1, 0.15) is 42.9 Å². The number of nitrogens with zero attached hydrogens (tertiary/aromatic N) is 1. The van der Waals surface area contributed by atoms with Gasteiger partial charge in [-0.1, -0.05) is 84.4 Å². The van der Waals surface area contributed by atoms with Gasteiger partial charge in [-0.3, -0.25) is 4.79 Å². The first kappa shape index (κ1) is 22.7. The Balaban J connectivity index is 1.52. The molecule has 3 nitrogen and oxygen atoms in total. The van der Waals surface area contributed by atoms with Gasteiger partial charge in [0.1, 0.15) is 5.78 Å². The van der Waals surface area contributed by atoms with Gasteiger partial charge in [0.05, 0.1) is 11.0 Å². The first-order chi connectivity index (χ1) is 15.4. The maximum atomic E-state index is 13.2. The van der Waals surface area contributed by atoms with Crippen LogP contribution in [0.4, 0.5) is 0 Å². The van der Waals surface area contributed by atoms with Crippen molar-refractivity contribution in [3.63, 3.8) is 0 Å². The molecule has 0 saturated carbocycles. The van der Waals surface area contributed by atoms with Crippen molar-refractivity contribution in [2.24, 2.45) is 0 Å². The molecule has 0 atom stereocenters. The zero-order valence-electron chi connectivity index (χ0n) is 18.5.